The molecule has 3 N–H and O–H groups in total. The average Bonchev–Trinajstić information content (AvgIpc) is 1.99. The molecular weight excluding hydrogens is 317 g/mol. The van der Waals surface area contributed by atoms with Gasteiger partial charge in [-0.1, -0.05) is 12.2 Å². The molecule has 0 radical (unpaired) electrons. The number of nitrogens with one attached hydrogen (secondary N) is 1. The maximum Gasteiger partial charge on any atom is 0.189 e. The molecule has 96 valence electrons. The summed E-state index contributed by atoms with van der Waals surface area (Å²) in [6.45, 7) is 13.5. The van der Waals surface area contributed by atoms with E-state index >= 15 is 0 Å². The maximum absolute atomic E-state index is 5.67. The van der Waals surface area contributed by atoms with Crippen LogP contribution >= 0.6 is 24.0 Å². The van der Waals surface area contributed by atoms with E-state index in [9.17, 15) is 0 Å². The minimum Gasteiger partial charge on any atom is -0.375 e. The smallest absolute Gasteiger partial charge is 0.189 e. The van der Waals surface area contributed by atoms with Gasteiger partial charge in [-0.15, -0.1) is 24.0 Å². The molecular formula is C11H24IN3O. The predicted molar refractivity (Wildman–Crippen MR) is 80.4 cm³/mol. The van der Waals surface area contributed by atoms with Gasteiger partial charge in [0.25, 0.3) is 0 Å². The van der Waals surface area contributed by atoms with E-state index in [1.54, 1.807) is 0 Å². The monoisotopic (exact) mass is 341 g/mol. The number of ether oxygens (including phenoxy) is 1. The lowest BCUT2D eigenvalue weighted by Crippen LogP contribution is -2.45. The van der Waals surface area contributed by atoms with Crippen LogP contribution in [0.15, 0.2) is 17.1 Å². The van der Waals surface area contributed by atoms with Crippen molar-refractivity contribution in [3.63, 3.8) is 0 Å². The number of aliphatic imine (C=N–C) groups is 1. The van der Waals surface area contributed by atoms with Crippen LogP contribution in [0.5, 0.6) is 0 Å². The van der Waals surface area contributed by atoms with E-state index in [-0.39, 0.29) is 29.5 Å². The van der Waals surface area contributed by atoms with Gasteiger partial charge in [0.05, 0.1) is 19.8 Å². The van der Waals surface area contributed by atoms with Crippen molar-refractivity contribution in [2.24, 2.45) is 10.7 Å². The summed E-state index contributed by atoms with van der Waals surface area (Å²) in [5.74, 6) is 0.460. The van der Waals surface area contributed by atoms with E-state index in [0.29, 0.717) is 25.7 Å². The third-order valence-electron chi connectivity index (χ3n) is 1.37. The number of nitrogens with zero attached hydrogens (tertiary/aromatic N) is 1. The first-order valence-electron chi connectivity index (χ1n) is 5.11. The quantitative estimate of drug-likeness (QED) is 0.264. The summed E-state index contributed by atoms with van der Waals surface area (Å²) >= 11 is 0. The lowest BCUT2D eigenvalue weighted by atomic mass is 10.1. The highest BCUT2D eigenvalue weighted by Crippen LogP contribution is 1.96. The van der Waals surface area contributed by atoms with Crippen LogP contribution in [0.3, 0.4) is 0 Å². The van der Waals surface area contributed by atoms with Crippen molar-refractivity contribution >= 4 is 29.9 Å². The van der Waals surface area contributed by atoms with Gasteiger partial charge < -0.3 is 15.8 Å². The summed E-state index contributed by atoms with van der Waals surface area (Å²) in [6, 6.07) is 0. The molecule has 5 heteroatoms. The molecule has 0 atom stereocenters. The minimum atomic E-state index is -0.0495. The van der Waals surface area contributed by atoms with Gasteiger partial charge in [0, 0.05) is 5.54 Å². The summed E-state index contributed by atoms with van der Waals surface area (Å²) in [5.41, 5.74) is 6.63. The molecule has 0 unspecified atom stereocenters. The van der Waals surface area contributed by atoms with Crippen molar-refractivity contribution in [1.29, 1.82) is 0 Å². The number of nitrogens with two attached hydrogens (primary N) is 1. The van der Waals surface area contributed by atoms with E-state index in [2.05, 4.69) is 16.9 Å². The second-order valence-corrected chi connectivity index (χ2v) is 4.65. The fraction of sp³-hybridized carbons (Fsp3) is 0.727. The summed E-state index contributed by atoms with van der Waals surface area (Å²) in [6.07, 6.45) is 0. The molecule has 16 heavy (non-hydrogen) atoms. The van der Waals surface area contributed by atoms with Gasteiger partial charge in [-0.05, 0) is 27.7 Å². The zero-order valence-corrected chi connectivity index (χ0v) is 13.0. The van der Waals surface area contributed by atoms with Crippen molar-refractivity contribution in [2.45, 2.75) is 33.2 Å². The van der Waals surface area contributed by atoms with E-state index in [4.69, 9.17) is 10.5 Å². The maximum atomic E-state index is 5.67. The molecule has 0 aromatic heterocycles. The molecule has 0 heterocycles. The molecule has 0 amide bonds. The Hall–Kier alpha value is -0.300. The van der Waals surface area contributed by atoms with Crippen molar-refractivity contribution in [3.05, 3.63) is 12.2 Å². The zero-order valence-electron chi connectivity index (χ0n) is 10.7. The Morgan fingerprint density at radius 2 is 2.00 bits per heavy atom. The SMILES string of the molecule is C=C(C)COCCN=C(N)NC(C)(C)C.I. The van der Waals surface area contributed by atoms with Crippen molar-refractivity contribution in [2.75, 3.05) is 19.8 Å². The Morgan fingerprint density at radius 3 is 2.44 bits per heavy atom. The first kappa shape index (κ1) is 18.1. The third-order valence-corrected chi connectivity index (χ3v) is 1.37. The van der Waals surface area contributed by atoms with Crippen molar-refractivity contribution < 1.29 is 4.74 Å². The molecule has 0 aliphatic heterocycles. The Kier molecular flexibility index (Phi) is 9.95. The van der Waals surface area contributed by atoms with E-state index in [1.165, 1.54) is 0 Å². The molecule has 0 aliphatic rings. The zero-order chi connectivity index (χ0) is 11.9. The summed E-state index contributed by atoms with van der Waals surface area (Å²) < 4.78 is 5.29. The van der Waals surface area contributed by atoms with Crippen LogP contribution in [-0.2, 0) is 4.74 Å². The van der Waals surface area contributed by atoms with Gasteiger partial charge in [-0.2, -0.15) is 0 Å². The highest BCUT2D eigenvalue weighted by atomic mass is 127. The highest BCUT2D eigenvalue weighted by Gasteiger charge is 2.09. The summed E-state index contributed by atoms with van der Waals surface area (Å²) in [4.78, 5) is 4.14. The average molecular weight is 341 g/mol. The molecule has 0 bridgehead atoms. The van der Waals surface area contributed by atoms with Crippen LogP contribution in [0.25, 0.3) is 0 Å². The van der Waals surface area contributed by atoms with Crippen LogP contribution in [0.2, 0.25) is 0 Å². The molecule has 0 aliphatic carbocycles. The van der Waals surface area contributed by atoms with E-state index in [1.807, 2.05) is 27.7 Å². The Bertz CT molecular complexity index is 234. The standard InChI is InChI=1S/C11H23N3O.HI/c1-9(2)8-15-7-6-13-10(12)14-11(3,4)5;/h1,6-8H2,2-5H3,(H3,12,13,14);1H. The highest BCUT2D eigenvalue weighted by molar-refractivity contribution is 14.0. The van der Waals surface area contributed by atoms with E-state index in [0.717, 1.165) is 5.57 Å². The Balaban J connectivity index is 0. The molecule has 0 fully saturated rings. The van der Waals surface area contributed by atoms with Gasteiger partial charge in [-0.3, -0.25) is 4.99 Å². The fourth-order valence-corrected chi connectivity index (χ4v) is 0.901. The van der Waals surface area contributed by atoms with Crippen molar-refractivity contribution in [1.82, 2.24) is 5.32 Å². The van der Waals surface area contributed by atoms with Gasteiger partial charge in [0.2, 0.25) is 0 Å². The van der Waals surface area contributed by atoms with Crippen LogP contribution < -0.4 is 11.1 Å². The largest absolute Gasteiger partial charge is 0.375 e. The fourth-order valence-electron chi connectivity index (χ4n) is 0.901. The Morgan fingerprint density at radius 1 is 1.44 bits per heavy atom. The number of hydrogen-bond donors (Lipinski definition) is 2. The minimum absolute atomic E-state index is 0. The lowest BCUT2D eigenvalue weighted by molar-refractivity contribution is 0.164. The molecule has 0 rings (SSSR count). The second kappa shape index (κ2) is 8.81. The first-order chi connectivity index (χ1) is 6.81. The van der Waals surface area contributed by atoms with Gasteiger partial charge in [0.15, 0.2) is 5.96 Å². The molecule has 0 saturated heterocycles. The predicted octanol–water partition coefficient (Wildman–Crippen LogP) is 1.90. The number of halogens is 1. The molecule has 0 aromatic rings. The van der Waals surface area contributed by atoms with Gasteiger partial charge in [-0.25, -0.2) is 0 Å². The molecule has 4 nitrogen and oxygen atoms in total. The molecule has 0 aromatic carbocycles. The topological polar surface area (TPSA) is 59.6 Å². The molecule has 0 saturated carbocycles. The molecule has 0 spiro atoms. The van der Waals surface area contributed by atoms with Crippen LogP contribution in [0.1, 0.15) is 27.7 Å². The first-order valence-corrected chi connectivity index (χ1v) is 5.11. The second-order valence-electron chi connectivity index (χ2n) is 4.65. The number of hydrogen-bond acceptors (Lipinski definition) is 2. The van der Waals surface area contributed by atoms with E-state index < -0.39 is 0 Å². The number of rotatable bonds is 5. The van der Waals surface area contributed by atoms with Crippen LogP contribution in [0, 0.1) is 0 Å². The summed E-state index contributed by atoms with van der Waals surface area (Å²) in [5, 5.41) is 3.07. The summed E-state index contributed by atoms with van der Waals surface area (Å²) in [7, 11) is 0. The third kappa shape index (κ3) is 13.7. The normalized spacial score (nSPS) is 11.9. The van der Waals surface area contributed by atoms with Crippen molar-refractivity contribution in [3.8, 4) is 0 Å². The lowest BCUT2D eigenvalue weighted by Gasteiger charge is -2.20. The van der Waals surface area contributed by atoms with Crippen LogP contribution in [0.4, 0.5) is 0 Å². The number of guanidine groups is 1. The van der Waals surface area contributed by atoms with Gasteiger partial charge >= 0.3 is 0 Å². The van der Waals surface area contributed by atoms with Gasteiger partial charge in [0.1, 0.15) is 0 Å². The Labute approximate surface area is 116 Å². The van der Waals surface area contributed by atoms with Crippen LogP contribution in [-0.4, -0.2) is 31.3 Å².